The predicted octanol–water partition coefficient (Wildman–Crippen LogP) is 3.60. The molecule has 0 aliphatic carbocycles. The summed E-state index contributed by atoms with van der Waals surface area (Å²) in [4.78, 5) is 17.1. The number of hydrogen-bond acceptors (Lipinski definition) is 2. The van der Waals surface area contributed by atoms with E-state index < -0.39 is 0 Å². The molecule has 1 fully saturated rings. The van der Waals surface area contributed by atoms with Gasteiger partial charge in [0.05, 0.1) is 0 Å². The van der Waals surface area contributed by atoms with Crippen molar-refractivity contribution in [2.24, 2.45) is 0 Å². The predicted molar refractivity (Wildman–Crippen MR) is 93.4 cm³/mol. The summed E-state index contributed by atoms with van der Waals surface area (Å²) in [6.07, 6.45) is 1.02. The van der Waals surface area contributed by atoms with Gasteiger partial charge in [0.2, 0.25) is 0 Å². The molecule has 0 bridgehead atoms. The summed E-state index contributed by atoms with van der Waals surface area (Å²) in [5.74, 6) is 0.153. The van der Waals surface area contributed by atoms with E-state index in [1.165, 1.54) is 5.56 Å². The molecule has 1 saturated heterocycles. The van der Waals surface area contributed by atoms with Gasteiger partial charge in [0.25, 0.3) is 5.91 Å². The Hall–Kier alpha value is -2.13. The molecule has 2 aromatic rings. The van der Waals surface area contributed by atoms with E-state index in [9.17, 15) is 4.79 Å². The molecule has 2 aromatic carbocycles. The number of hydrogen-bond donors (Lipinski definition) is 0. The van der Waals surface area contributed by atoms with Crippen molar-refractivity contribution < 1.29 is 4.79 Å². The zero-order valence-corrected chi connectivity index (χ0v) is 13.7. The van der Waals surface area contributed by atoms with Crippen LogP contribution in [0, 0.1) is 0 Å². The van der Waals surface area contributed by atoms with Crippen molar-refractivity contribution in [2.75, 3.05) is 26.2 Å². The van der Waals surface area contributed by atoms with E-state index in [0.29, 0.717) is 6.04 Å². The van der Waals surface area contributed by atoms with Crippen LogP contribution >= 0.6 is 0 Å². The lowest BCUT2D eigenvalue weighted by Crippen LogP contribution is -2.35. The summed E-state index contributed by atoms with van der Waals surface area (Å²) >= 11 is 0. The molecule has 1 heterocycles. The van der Waals surface area contributed by atoms with Crippen molar-refractivity contribution in [3.8, 4) is 0 Å². The highest BCUT2D eigenvalue weighted by Gasteiger charge is 2.23. The average molecular weight is 308 g/mol. The number of benzene rings is 2. The minimum Gasteiger partial charge on any atom is -0.337 e. The van der Waals surface area contributed by atoms with Gasteiger partial charge in [-0.15, -0.1) is 0 Å². The molecule has 0 radical (unpaired) electrons. The maximum atomic E-state index is 12.6. The number of carbonyl (C=O) groups is 1. The molecule has 3 nitrogen and oxygen atoms in total. The fourth-order valence-corrected chi connectivity index (χ4v) is 3.23. The normalized spacial score (nSPS) is 17.5. The Bertz CT molecular complexity index is 627. The van der Waals surface area contributed by atoms with Crippen LogP contribution in [-0.4, -0.2) is 41.9 Å². The van der Waals surface area contributed by atoms with E-state index in [1.54, 1.807) is 0 Å². The first-order valence-electron chi connectivity index (χ1n) is 8.39. The van der Waals surface area contributed by atoms with Gasteiger partial charge in [-0.05, 0) is 31.0 Å². The van der Waals surface area contributed by atoms with Gasteiger partial charge in [0.1, 0.15) is 0 Å². The summed E-state index contributed by atoms with van der Waals surface area (Å²) < 4.78 is 0. The number of rotatable bonds is 3. The van der Waals surface area contributed by atoms with Gasteiger partial charge < -0.3 is 4.90 Å². The van der Waals surface area contributed by atoms with Gasteiger partial charge in [-0.1, -0.05) is 48.5 Å². The molecule has 120 valence electrons. The van der Waals surface area contributed by atoms with E-state index in [-0.39, 0.29) is 5.91 Å². The molecule has 0 saturated carbocycles. The van der Waals surface area contributed by atoms with Crippen LogP contribution in [0.15, 0.2) is 60.7 Å². The maximum Gasteiger partial charge on any atom is 0.253 e. The standard InChI is InChI=1S/C20H24N2O/c1-17(18-9-4-2-5-10-18)21-13-8-14-22(16-15-21)20(23)19-11-6-3-7-12-19/h2-7,9-12,17H,8,13-16H2,1H3/t17-/m1/s1. The minimum absolute atomic E-state index is 0.153. The quantitative estimate of drug-likeness (QED) is 0.865. The van der Waals surface area contributed by atoms with Crippen molar-refractivity contribution in [3.63, 3.8) is 0 Å². The van der Waals surface area contributed by atoms with Crippen molar-refractivity contribution in [3.05, 3.63) is 71.8 Å². The third-order valence-corrected chi connectivity index (χ3v) is 4.67. The van der Waals surface area contributed by atoms with Crippen LogP contribution in [0.3, 0.4) is 0 Å². The van der Waals surface area contributed by atoms with E-state index in [0.717, 1.165) is 38.2 Å². The first-order valence-corrected chi connectivity index (χ1v) is 8.39. The molecule has 0 unspecified atom stereocenters. The van der Waals surface area contributed by atoms with Crippen LogP contribution in [0.25, 0.3) is 0 Å². The average Bonchev–Trinajstić information content (AvgIpc) is 2.88. The molecule has 3 rings (SSSR count). The lowest BCUT2D eigenvalue weighted by Gasteiger charge is -2.28. The van der Waals surface area contributed by atoms with Crippen LogP contribution in [0.4, 0.5) is 0 Å². The Morgan fingerprint density at radius 2 is 1.52 bits per heavy atom. The van der Waals surface area contributed by atoms with E-state index in [2.05, 4.69) is 42.2 Å². The second kappa shape index (κ2) is 7.42. The summed E-state index contributed by atoms with van der Waals surface area (Å²) in [5.41, 5.74) is 2.13. The fourth-order valence-electron chi connectivity index (χ4n) is 3.23. The second-order valence-electron chi connectivity index (χ2n) is 6.13. The Balaban J connectivity index is 1.64. The fraction of sp³-hybridized carbons (Fsp3) is 0.350. The molecule has 1 aliphatic rings. The Kier molecular flexibility index (Phi) is 5.09. The van der Waals surface area contributed by atoms with Gasteiger partial charge in [-0.3, -0.25) is 9.69 Å². The zero-order chi connectivity index (χ0) is 16.1. The monoisotopic (exact) mass is 308 g/mol. The third kappa shape index (κ3) is 3.80. The summed E-state index contributed by atoms with van der Waals surface area (Å²) in [7, 11) is 0. The number of amides is 1. The summed E-state index contributed by atoms with van der Waals surface area (Å²) in [6, 6.07) is 20.6. The van der Waals surface area contributed by atoms with Crippen LogP contribution in [0.2, 0.25) is 0 Å². The Morgan fingerprint density at radius 1 is 0.870 bits per heavy atom. The van der Waals surface area contributed by atoms with Crippen molar-refractivity contribution in [2.45, 2.75) is 19.4 Å². The highest BCUT2D eigenvalue weighted by Crippen LogP contribution is 2.21. The lowest BCUT2D eigenvalue weighted by molar-refractivity contribution is 0.0758. The summed E-state index contributed by atoms with van der Waals surface area (Å²) in [6.45, 7) is 5.85. The smallest absolute Gasteiger partial charge is 0.253 e. The van der Waals surface area contributed by atoms with E-state index in [1.807, 2.05) is 35.2 Å². The van der Waals surface area contributed by atoms with Crippen LogP contribution < -0.4 is 0 Å². The van der Waals surface area contributed by atoms with Crippen molar-refractivity contribution in [1.82, 2.24) is 9.80 Å². The molecular formula is C20H24N2O. The minimum atomic E-state index is 0.153. The number of nitrogens with zero attached hydrogens (tertiary/aromatic N) is 2. The zero-order valence-electron chi connectivity index (χ0n) is 13.7. The molecule has 1 aliphatic heterocycles. The first-order chi connectivity index (χ1) is 11.3. The Morgan fingerprint density at radius 3 is 2.22 bits per heavy atom. The van der Waals surface area contributed by atoms with Gasteiger partial charge in [-0.2, -0.15) is 0 Å². The van der Waals surface area contributed by atoms with Crippen molar-refractivity contribution >= 4 is 5.91 Å². The Labute approximate surface area is 138 Å². The van der Waals surface area contributed by atoms with Crippen LogP contribution in [0.1, 0.15) is 35.3 Å². The molecule has 0 spiro atoms. The first kappa shape index (κ1) is 15.8. The van der Waals surface area contributed by atoms with Crippen LogP contribution in [0.5, 0.6) is 0 Å². The number of carbonyl (C=O) groups excluding carboxylic acids is 1. The van der Waals surface area contributed by atoms with E-state index in [4.69, 9.17) is 0 Å². The largest absolute Gasteiger partial charge is 0.337 e. The van der Waals surface area contributed by atoms with E-state index >= 15 is 0 Å². The molecule has 0 N–H and O–H groups in total. The molecule has 3 heteroatoms. The maximum absolute atomic E-state index is 12.6. The third-order valence-electron chi connectivity index (χ3n) is 4.67. The molecule has 1 amide bonds. The topological polar surface area (TPSA) is 23.6 Å². The molecular weight excluding hydrogens is 284 g/mol. The highest BCUT2D eigenvalue weighted by molar-refractivity contribution is 5.94. The molecule has 1 atom stereocenters. The lowest BCUT2D eigenvalue weighted by atomic mass is 10.1. The van der Waals surface area contributed by atoms with Gasteiger partial charge in [0.15, 0.2) is 0 Å². The van der Waals surface area contributed by atoms with Gasteiger partial charge >= 0.3 is 0 Å². The van der Waals surface area contributed by atoms with Crippen LogP contribution in [-0.2, 0) is 0 Å². The second-order valence-corrected chi connectivity index (χ2v) is 6.13. The highest BCUT2D eigenvalue weighted by atomic mass is 16.2. The van der Waals surface area contributed by atoms with Crippen molar-refractivity contribution in [1.29, 1.82) is 0 Å². The molecule has 0 aromatic heterocycles. The van der Waals surface area contributed by atoms with Gasteiger partial charge in [-0.25, -0.2) is 0 Å². The molecule has 23 heavy (non-hydrogen) atoms. The van der Waals surface area contributed by atoms with Gasteiger partial charge in [0, 0.05) is 37.8 Å². The SMILES string of the molecule is C[C@H](c1ccccc1)N1CCCN(C(=O)c2ccccc2)CC1. The summed E-state index contributed by atoms with van der Waals surface area (Å²) in [5, 5.41) is 0.